The van der Waals surface area contributed by atoms with Crippen LogP contribution in [0, 0.1) is 5.92 Å². The quantitative estimate of drug-likeness (QED) is 0.905. The van der Waals surface area contributed by atoms with Gasteiger partial charge in [0, 0.05) is 39.4 Å². The van der Waals surface area contributed by atoms with Gasteiger partial charge in [0.15, 0.2) is 0 Å². The number of hydrogen-bond donors (Lipinski definition) is 1. The fourth-order valence-electron chi connectivity index (χ4n) is 2.58. The average Bonchev–Trinajstić information content (AvgIpc) is 2.46. The molecule has 2 heterocycles. The van der Waals surface area contributed by atoms with Crippen LogP contribution < -0.4 is 10.6 Å². The summed E-state index contributed by atoms with van der Waals surface area (Å²) in [6.45, 7) is 3.59. The molecule has 1 amide bonds. The highest BCUT2D eigenvalue weighted by atomic mass is 16.2. The van der Waals surface area contributed by atoms with Crippen LogP contribution in [0.2, 0.25) is 0 Å². The molecule has 0 radical (unpaired) electrons. The largest absolute Gasteiger partial charge is 0.363 e. The third-order valence-electron chi connectivity index (χ3n) is 3.94. The van der Waals surface area contributed by atoms with Gasteiger partial charge in [0.05, 0.1) is 5.56 Å². The van der Waals surface area contributed by atoms with Crippen LogP contribution in [0.5, 0.6) is 0 Å². The lowest BCUT2D eigenvalue weighted by atomic mass is 9.92. The Balaban J connectivity index is 2.06. The summed E-state index contributed by atoms with van der Waals surface area (Å²) in [5, 5.41) is 0. The summed E-state index contributed by atoms with van der Waals surface area (Å²) >= 11 is 0. The number of piperidine rings is 1. The number of hydrogen-bond acceptors (Lipinski definition) is 4. The van der Waals surface area contributed by atoms with Crippen molar-refractivity contribution in [1.82, 2.24) is 9.88 Å². The highest BCUT2D eigenvalue weighted by Gasteiger charge is 2.26. The van der Waals surface area contributed by atoms with Crippen LogP contribution in [0.1, 0.15) is 30.1 Å². The number of nitrogens with zero attached hydrogens (tertiary/aromatic N) is 3. The van der Waals surface area contributed by atoms with E-state index in [2.05, 4.69) is 4.98 Å². The van der Waals surface area contributed by atoms with Crippen molar-refractivity contribution in [2.45, 2.75) is 25.8 Å². The zero-order valence-corrected chi connectivity index (χ0v) is 12.5. The minimum absolute atomic E-state index is 0.0631. The lowest BCUT2D eigenvalue weighted by Crippen LogP contribution is -2.45. The minimum atomic E-state index is 0.0631. The topological polar surface area (TPSA) is 62.5 Å². The Bertz CT molecular complexity index is 455. The number of carbonyl (C=O) groups is 1. The number of anilines is 1. The Kier molecular flexibility index (Phi) is 4.60. The van der Waals surface area contributed by atoms with Gasteiger partial charge in [0.1, 0.15) is 5.82 Å². The molecule has 1 aromatic rings. The summed E-state index contributed by atoms with van der Waals surface area (Å²) in [6.07, 6.45) is 3.80. The van der Waals surface area contributed by atoms with Gasteiger partial charge in [-0.25, -0.2) is 4.98 Å². The van der Waals surface area contributed by atoms with E-state index in [9.17, 15) is 4.79 Å². The van der Waals surface area contributed by atoms with Crippen molar-refractivity contribution in [2.75, 3.05) is 32.1 Å². The Labute approximate surface area is 120 Å². The van der Waals surface area contributed by atoms with Gasteiger partial charge >= 0.3 is 0 Å². The molecule has 20 heavy (non-hydrogen) atoms. The van der Waals surface area contributed by atoms with Crippen LogP contribution >= 0.6 is 0 Å². The van der Waals surface area contributed by atoms with Gasteiger partial charge in [-0.2, -0.15) is 0 Å². The summed E-state index contributed by atoms with van der Waals surface area (Å²) < 4.78 is 0. The molecule has 110 valence electrons. The van der Waals surface area contributed by atoms with Gasteiger partial charge in [0.25, 0.3) is 5.91 Å². The number of aromatic nitrogens is 1. The Hall–Kier alpha value is -1.62. The molecule has 2 rings (SSSR count). The van der Waals surface area contributed by atoms with Crippen molar-refractivity contribution in [3.05, 3.63) is 23.9 Å². The second-order valence-corrected chi connectivity index (χ2v) is 5.81. The lowest BCUT2D eigenvalue weighted by Gasteiger charge is -2.34. The maximum absolute atomic E-state index is 12.5. The van der Waals surface area contributed by atoms with E-state index in [1.54, 1.807) is 6.20 Å². The van der Waals surface area contributed by atoms with Crippen molar-refractivity contribution in [1.29, 1.82) is 0 Å². The third kappa shape index (κ3) is 3.28. The predicted molar refractivity (Wildman–Crippen MR) is 80.8 cm³/mol. The van der Waals surface area contributed by atoms with E-state index in [0.717, 1.165) is 31.7 Å². The van der Waals surface area contributed by atoms with Crippen LogP contribution in [-0.4, -0.2) is 49.0 Å². The number of carbonyl (C=O) groups excluding carboxylic acids is 1. The SMILES string of the molecule is CC(N)C1CCCN(C(=O)c2ccc(N(C)C)nc2)C1. The molecule has 0 aliphatic carbocycles. The van der Waals surface area contributed by atoms with E-state index in [4.69, 9.17) is 5.73 Å². The molecule has 1 aromatic heterocycles. The number of rotatable bonds is 3. The molecule has 1 fully saturated rings. The number of amides is 1. The van der Waals surface area contributed by atoms with Crippen LogP contribution in [-0.2, 0) is 0 Å². The van der Waals surface area contributed by atoms with E-state index >= 15 is 0 Å². The van der Waals surface area contributed by atoms with Crippen LogP contribution in [0.15, 0.2) is 18.3 Å². The minimum Gasteiger partial charge on any atom is -0.363 e. The standard InChI is InChI=1S/C15H24N4O/c1-11(16)13-5-4-8-19(10-13)15(20)12-6-7-14(17-9-12)18(2)3/h6-7,9,11,13H,4-5,8,10,16H2,1-3H3. The Morgan fingerprint density at radius 1 is 1.50 bits per heavy atom. The molecule has 2 N–H and O–H groups in total. The molecule has 5 nitrogen and oxygen atoms in total. The molecule has 5 heteroatoms. The first-order valence-corrected chi connectivity index (χ1v) is 7.17. The molecule has 0 bridgehead atoms. The van der Waals surface area contributed by atoms with E-state index in [1.165, 1.54) is 0 Å². The highest BCUT2D eigenvalue weighted by Crippen LogP contribution is 2.20. The second kappa shape index (κ2) is 6.22. The van der Waals surface area contributed by atoms with Crippen molar-refractivity contribution < 1.29 is 4.79 Å². The van der Waals surface area contributed by atoms with Gasteiger partial charge in [0.2, 0.25) is 0 Å². The monoisotopic (exact) mass is 276 g/mol. The Morgan fingerprint density at radius 2 is 2.25 bits per heavy atom. The first-order chi connectivity index (χ1) is 9.49. The molecular weight excluding hydrogens is 252 g/mol. The first-order valence-electron chi connectivity index (χ1n) is 7.17. The second-order valence-electron chi connectivity index (χ2n) is 5.81. The summed E-state index contributed by atoms with van der Waals surface area (Å²) in [6, 6.07) is 3.86. The van der Waals surface area contributed by atoms with Crippen LogP contribution in [0.25, 0.3) is 0 Å². The molecule has 0 spiro atoms. The fourth-order valence-corrected chi connectivity index (χ4v) is 2.58. The van der Waals surface area contributed by atoms with Crippen molar-refractivity contribution in [2.24, 2.45) is 11.7 Å². The molecule has 1 saturated heterocycles. The van der Waals surface area contributed by atoms with Crippen molar-refractivity contribution in [3.63, 3.8) is 0 Å². The molecule has 0 aromatic carbocycles. The van der Waals surface area contributed by atoms with Crippen LogP contribution in [0.4, 0.5) is 5.82 Å². The summed E-state index contributed by atoms with van der Waals surface area (Å²) in [5.41, 5.74) is 6.62. The van der Waals surface area contributed by atoms with Gasteiger partial charge in [-0.3, -0.25) is 4.79 Å². The van der Waals surface area contributed by atoms with Gasteiger partial charge < -0.3 is 15.5 Å². The average molecular weight is 276 g/mol. The van der Waals surface area contributed by atoms with Gasteiger partial charge in [-0.05, 0) is 37.8 Å². The van der Waals surface area contributed by atoms with Crippen LogP contribution in [0.3, 0.4) is 0 Å². The van der Waals surface area contributed by atoms with E-state index in [1.807, 2.05) is 43.0 Å². The number of likely N-dealkylation sites (tertiary alicyclic amines) is 1. The number of nitrogens with two attached hydrogens (primary N) is 1. The zero-order chi connectivity index (χ0) is 14.7. The molecule has 0 saturated carbocycles. The third-order valence-corrected chi connectivity index (χ3v) is 3.94. The van der Waals surface area contributed by atoms with Gasteiger partial charge in [-0.1, -0.05) is 0 Å². The highest BCUT2D eigenvalue weighted by molar-refractivity contribution is 5.94. The lowest BCUT2D eigenvalue weighted by molar-refractivity contribution is 0.0660. The molecular formula is C15H24N4O. The van der Waals surface area contributed by atoms with E-state index in [-0.39, 0.29) is 11.9 Å². The van der Waals surface area contributed by atoms with E-state index in [0.29, 0.717) is 11.5 Å². The molecule has 2 atom stereocenters. The Morgan fingerprint density at radius 3 is 2.80 bits per heavy atom. The summed E-state index contributed by atoms with van der Waals surface area (Å²) in [4.78, 5) is 20.6. The maximum Gasteiger partial charge on any atom is 0.255 e. The van der Waals surface area contributed by atoms with Gasteiger partial charge in [-0.15, -0.1) is 0 Å². The van der Waals surface area contributed by atoms with Crippen molar-refractivity contribution >= 4 is 11.7 Å². The normalized spacial score (nSPS) is 20.6. The summed E-state index contributed by atoms with van der Waals surface area (Å²) in [7, 11) is 3.86. The predicted octanol–water partition coefficient (Wildman–Crippen LogP) is 1.35. The molecule has 1 aliphatic heterocycles. The van der Waals surface area contributed by atoms with E-state index < -0.39 is 0 Å². The fraction of sp³-hybridized carbons (Fsp3) is 0.600. The molecule has 1 aliphatic rings. The first kappa shape index (κ1) is 14.8. The van der Waals surface area contributed by atoms with Crippen molar-refractivity contribution in [3.8, 4) is 0 Å². The number of pyridine rings is 1. The maximum atomic E-state index is 12.5. The zero-order valence-electron chi connectivity index (χ0n) is 12.5. The smallest absolute Gasteiger partial charge is 0.255 e. The summed E-state index contributed by atoms with van der Waals surface area (Å²) in [5.74, 6) is 1.32. The molecule has 2 unspecified atom stereocenters.